The lowest BCUT2D eigenvalue weighted by Crippen LogP contribution is -2.16. The summed E-state index contributed by atoms with van der Waals surface area (Å²) in [6.07, 6.45) is -3.00. The molecule has 1 unspecified atom stereocenters. The van der Waals surface area contributed by atoms with Gasteiger partial charge in [0.25, 0.3) is 6.43 Å². The monoisotopic (exact) mass is 188 g/mol. The molecule has 70 valence electrons. The van der Waals surface area contributed by atoms with E-state index in [1.807, 2.05) is 0 Å². The summed E-state index contributed by atoms with van der Waals surface area (Å²) >= 11 is 0. The zero-order chi connectivity index (χ0) is 9.84. The van der Waals surface area contributed by atoms with Gasteiger partial charge < -0.3 is 0 Å². The molecule has 0 bridgehead atoms. The van der Waals surface area contributed by atoms with Crippen molar-refractivity contribution >= 4 is 6.04 Å². The number of alkyl halides is 2. The number of benzene rings is 1. The molecule has 0 aliphatic heterocycles. The van der Waals surface area contributed by atoms with Crippen molar-refractivity contribution in [3.05, 3.63) is 35.9 Å². The van der Waals surface area contributed by atoms with Gasteiger partial charge >= 0.3 is 6.04 Å². The van der Waals surface area contributed by atoms with E-state index in [-0.39, 0.29) is 5.56 Å². The number of hydrogen-bond acceptors (Lipinski definition) is 1. The fourth-order valence-electron chi connectivity index (χ4n) is 1.04. The molecule has 1 rings (SSSR count). The molecular formula is C9H7F3O. The summed E-state index contributed by atoms with van der Waals surface area (Å²) in [6.45, 7) is 0. The van der Waals surface area contributed by atoms with Crippen molar-refractivity contribution in [3.8, 4) is 0 Å². The van der Waals surface area contributed by atoms with Gasteiger partial charge in [0, 0.05) is 0 Å². The molecular weight excluding hydrogens is 181 g/mol. The quantitative estimate of drug-likeness (QED) is 0.666. The van der Waals surface area contributed by atoms with Crippen molar-refractivity contribution in [2.24, 2.45) is 0 Å². The second-order valence-corrected chi connectivity index (χ2v) is 2.53. The van der Waals surface area contributed by atoms with Crippen LogP contribution in [0.5, 0.6) is 0 Å². The molecule has 0 N–H and O–H groups in total. The molecule has 1 nitrogen and oxygen atoms in total. The summed E-state index contributed by atoms with van der Waals surface area (Å²) in [5.41, 5.74) is 0.00463. The zero-order valence-electron chi connectivity index (χ0n) is 6.58. The molecule has 0 spiro atoms. The highest BCUT2D eigenvalue weighted by atomic mass is 19.3. The number of halogens is 3. The van der Waals surface area contributed by atoms with Crippen LogP contribution in [0.1, 0.15) is 11.5 Å². The first kappa shape index (κ1) is 9.77. The van der Waals surface area contributed by atoms with Gasteiger partial charge in [-0.3, -0.25) is 4.79 Å². The Balaban J connectivity index is 2.96. The Morgan fingerprint density at radius 3 is 2.08 bits per heavy atom. The molecule has 4 heteroatoms. The van der Waals surface area contributed by atoms with E-state index in [0.717, 1.165) is 0 Å². The van der Waals surface area contributed by atoms with Crippen molar-refractivity contribution in [1.29, 1.82) is 0 Å². The van der Waals surface area contributed by atoms with Crippen LogP contribution < -0.4 is 0 Å². The predicted octanol–water partition coefficient (Wildman–Crippen LogP) is 2.53. The van der Waals surface area contributed by atoms with E-state index in [0.29, 0.717) is 0 Å². The first-order valence-corrected chi connectivity index (χ1v) is 3.65. The van der Waals surface area contributed by atoms with Crippen molar-refractivity contribution in [2.45, 2.75) is 12.3 Å². The van der Waals surface area contributed by atoms with Crippen LogP contribution in [-0.2, 0) is 4.79 Å². The first-order valence-electron chi connectivity index (χ1n) is 3.65. The smallest absolute Gasteiger partial charge is 0.260 e. The number of carbonyl (C=O) groups excluding carboxylic acids is 1. The Bertz CT molecular complexity index is 284. The van der Waals surface area contributed by atoms with Crippen LogP contribution in [0.15, 0.2) is 30.3 Å². The second kappa shape index (κ2) is 4.07. The molecule has 1 atom stereocenters. The maximum atomic E-state index is 12.2. The highest BCUT2D eigenvalue weighted by Crippen LogP contribution is 2.24. The van der Waals surface area contributed by atoms with Crippen molar-refractivity contribution in [1.82, 2.24) is 0 Å². The van der Waals surface area contributed by atoms with Crippen LogP contribution in [0.4, 0.5) is 13.2 Å². The minimum absolute atomic E-state index is 0.00463. The fraction of sp³-hybridized carbons (Fsp3) is 0.222. The van der Waals surface area contributed by atoms with E-state index in [1.54, 1.807) is 6.07 Å². The van der Waals surface area contributed by atoms with Gasteiger partial charge in [-0.05, 0) is 5.56 Å². The van der Waals surface area contributed by atoms with Gasteiger partial charge in [0.1, 0.15) is 5.92 Å². The first-order chi connectivity index (χ1) is 6.13. The van der Waals surface area contributed by atoms with Gasteiger partial charge in [-0.15, -0.1) is 0 Å². The van der Waals surface area contributed by atoms with Gasteiger partial charge in [-0.25, -0.2) is 8.78 Å². The van der Waals surface area contributed by atoms with Crippen molar-refractivity contribution in [2.75, 3.05) is 0 Å². The number of rotatable bonds is 3. The summed E-state index contributed by atoms with van der Waals surface area (Å²) < 4.78 is 36.5. The van der Waals surface area contributed by atoms with Gasteiger partial charge in [-0.2, -0.15) is 4.39 Å². The second-order valence-electron chi connectivity index (χ2n) is 2.53. The van der Waals surface area contributed by atoms with Crippen LogP contribution in [-0.4, -0.2) is 12.5 Å². The highest BCUT2D eigenvalue weighted by Gasteiger charge is 2.29. The molecule has 13 heavy (non-hydrogen) atoms. The minimum Gasteiger partial charge on any atom is -0.260 e. The molecule has 0 heterocycles. The largest absolute Gasteiger partial charge is 0.314 e. The Morgan fingerprint density at radius 1 is 1.15 bits per heavy atom. The van der Waals surface area contributed by atoms with Crippen LogP contribution in [0.3, 0.4) is 0 Å². The maximum absolute atomic E-state index is 12.2. The van der Waals surface area contributed by atoms with Crippen LogP contribution in [0, 0.1) is 0 Å². The summed E-state index contributed by atoms with van der Waals surface area (Å²) in [6, 6.07) is 5.17. The van der Waals surface area contributed by atoms with Crippen molar-refractivity contribution < 1.29 is 18.0 Å². The lowest BCUT2D eigenvalue weighted by molar-refractivity contribution is -0.134. The molecule has 0 amide bonds. The van der Waals surface area contributed by atoms with E-state index in [4.69, 9.17) is 0 Å². The Kier molecular flexibility index (Phi) is 3.06. The third kappa shape index (κ3) is 2.31. The van der Waals surface area contributed by atoms with E-state index < -0.39 is 18.4 Å². The highest BCUT2D eigenvalue weighted by molar-refractivity contribution is 5.77. The maximum Gasteiger partial charge on any atom is 0.314 e. The van der Waals surface area contributed by atoms with Gasteiger partial charge in [-0.1, -0.05) is 30.3 Å². The summed E-state index contributed by atoms with van der Waals surface area (Å²) in [5, 5.41) is 0. The minimum atomic E-state index is -3.00. The average Bonchev–Trinajstić information content (AvgIpc) is 2.04. The lowest BCUT2D eigenvalue weighted by atomic mass is 10.0. The molecule has 0 radical (unpaired) electrons. The number of hydrogen-bond donors (Lipinski definition) is 0. The standard InChI is InChI=1S/C9H7F3O/c10-8(11)7(9(12)13)6-4-2-1-3-5-6/h1-5,7-8H. The fourth-order valence-corrected chi connectivity index (χ4v) is 1.04. The normalized spacial score (nSPS) is 12.9. The Hall–Kier alpha value is -1.32. The van der Waals surface area contributed by atoms with E-state index in [9.17, 15) is 18.0 Å². The molecule has 0 saturated heterocycles. The summed E-state index contributed by atoms with van der Waals surface area (Å²) in [5.74, 6) is -1.94. The van der Waals surface area contributed by atoms with Crippen molar-refractivity contribution in [3.63, 3.8) is 0 Å². The van der Waals surface area contributed by atoms with Gasteiger partial charge in [0.05, 0.1) is 0 Å². The van der Waals surface area contributed by atoms with E-state index in [2.05, 4.69) is 0 Å². The SMILES string of the molecule is O=C(F)C(c1ccccc1)C(F)F. The predicted molar refractivity (Wildman–Crippen MR) is 41.3 cm³/mol. The number of carbonyl (C=O) groups is 1. The van der Waals surface area contributed by atoms with Crippen LogP contribution in [0.2, 0.25) is 0 Å². The molecule has 0 fully saturated rings. The molecule has 1 aromatic rings. The molecule has 0 aliphatic carbocycles. The average molecular weight is 188 g/mol. The third-order valence-corrected chi connectivity index (χ3v) is 1.66. The molecule has 0 aliphatic rings. The van der Waals surface area contributed by atoms with E-state index >= 15 is 0 Å². The summed E-state index contributed by atoms with van der Waals surface area (Å²) in [7, 11) is 0. The van der Waals surface area contributed by atoms with Crippen LogP contribution in [0.25, 0.3) is 0 Å². The van der Waals surface area contributed by atoms with Gasteiger partial charge in [0.2, 0.25) is 0 Å². The van der Waals surface area contributed by atoms with Gasteiger partial charge in [0.15, 0.2) is 0 Å². The Morgan fingerprint density at radius 2 is 1.69 bits per heavy atom. The topological polar surface area (TPSA) is 17.1 Å². The molecule has 0 aromatic heterocycles. The molecule has 1 aromatic carbocycles. The zero-order valence-corrected chi connectivity index (χ0v) is 6.58. The third-order valence-electron chi connectivity index (χ3n) is 1.66. The van der Waals surface area contributed by atoms with Crippen LogP contribution >= 0.6 is 0 Å². The lowest BCUT2D eigenvalue weighted by Gasteiger charge is -2.09. The Labute approximate surface area is 73.2 Å². The summed E-state index contributed by atoms with van der Waals surface area (Å²) in [4.78, 5) is 10.2. The van der Waals surface area contributed by atoms with E-state index in [1.165, 1.54) is 24.3 Å². The molecule has 0 saturated carbocycles.